The van der Waals surface area contributed by atoms with Crippen LogP contribution in [0.4, 0.5) is 0 Å². The molecule has 0 saturated heterocycles. The summed E-state index contributed by atoms with van der Waals surface area (Å²) in [4.78, 5) is 29.4. The highest BCUT2D eigenvalue weighted by molar-refractivity contribution is 5.85. The van der Waals surface area contributed by atoms with Crippen molar-refractivity contribution in [3.63, 3.8) is 0 Å². The van der Waals surface area contributed by atoms with Gasteiger partial charge >= 0.3 is 5.69 Å². The average Bonchev–Trinajstić information content (AvgIpc) is 3.08. The van der Waals surface area contributed by atoms with Gasteiger partial charge in [0.15, 0.2) is 0 Å². The number of aromatic amines is 1. The van der Waals surface area contributed by atoms with Crippen LogP contribution in [0.15, 0.2) is 33.9 Å². The largest absolute Gasteiger partial charge is 0.494 e. The molecule has 0 aliphatic carbocycles. The molecular weight excluding hydrogens is 356 g/mol. The lowest BCUT2D eigenvalue weighted by atomic mass is 9.95. The number of rotatable bonds is 5. The van der Waals surface area contributed by atoms with Crippen molar-refractivity contribution in [3.05, 3.63) is 61.9 Å². The smallest absolute Gasteiger partial charge is 0.333 e. The minimum absolute atomic E-state index is 0.229. The molecule has 0 radical (unpaired) electrons. The summed E-state index contributed by atoms with van der Waals surface area (Å²) in [5, 5.41) is 15.4. The lowest BCUT2D eigenvalue weighted by molar-refractivity contribution is 0.368. The monoisotopic (exact) mass is 382 g/mol. The van der Waals surface area contributed by atoms with Crippen LogP contribution in [0, 0.1) is 0 Å². The summed E-state index contributed by atoms with van der Waals surface area (Å²) in [5.74, 6) is -0.229. The molecular formula is C21H26N4O3. The minimum atomic E-state index is -0.476. The Morgan fingerprint density at radius 2 is 1.82 bits per heavy atom. The maximum absolute atomic E-state index is 13.2. The van der Waals surface area contributed by atoms with Gasteiger partial charge in [-0.15, -0.1) is 0 Å². The molecule has 2 aromatic heterocycles. The highest BCUT2D eigenvalue weighted by atomic mass is 16.3. The van der Waals surface area contributed by atoms with Crippen LogP contribution < -0.4 is 16.6 Å². The van der Waals surface area contributed by atoms with E-state index in [1.54, 1.807) is 0 Å². The standard InChI is InChI=1S/C21H26N4O3/c1-3-11-24-19(26)16(20(27)25(12-4-2)21(24)28)18-17-14(9-10-22-18)13-7-5-6-8-15(13)23-17/h5-8,18,22-23,26H,3-4,9-12H2,1-2H3/t18-/m1/s1. The van der Waals surface area contributed by atoms with Gasteiger partial charge in [0, 0.05) is 36.2 Å². The van der Waals surface area contributed by atoms with Gasteiger partial charge in [0.2, 0.25) is 5.88 Å². The average molecular weight is 382 g/mol. The molecule has 0 bridgehead atoms. The fourth-order valence-corrected chi connectivity index (χ4v) is 4.23. The molecule has 4 rings (SSSR count). The Morgan fingerprint density at radius 3 is 2.57 bits per heavy atom. The Balaban J connectivity index is 1.98. The number of hydrogen-bond donors (Lipinski definition) is 3. The second-order valence-electron chi connectivity index (χ2n) is 7.33. The van der Waals surface area contributed by atoms with Crippen molar-refractivity contribution in [2.24, 2.45) is 0 Å². The van der Waals surface area contributed by atoms with Gasteiger partial charge in [-0.1, -0.05) is 32.0 Å². The van der Waals surface area contributed by atoms with Gasteiger partial charge in [0.05, 0.1) is 6.04 Å². The van der Waals surface area contributed by atoms with E-state index >= 15 is 0 Å². The number of nitrogens with one attached hydrogen (secondary N) is 2. The van der Waals surface area contributed by atoms with E-state index < -0.39 is 17.3 Å². The molecule has 0 spiro atoms. The maximum atomic E-state index is 13.2. The van der Waals surface area contributed by atoms with Crippen molar-refractivity contribution >= 4 is 10.9 Å². The van der Waals surface area contributed by atoms with Crippen LogP contribution in [0.3, 0.4) is 0 Å². The predicted octanol–water partition coefficient (Wildman–Crippen LogP) is 2.25. The fourth-order valence-electron chi connectivity index (χ4n) is 4.23. The van der Waals surface area contributed by atoms with Crippen LogP contribution in [-0.2, 0) is 19.5 Å². The second kappa shape index (κ2) is 7.31. The summed E-state index contributed by atoms with van der Waals surface area (Å²) in [6.07, 6.45) is 2.20. The zero-order chi connectivity index (χ0) is 19.8. The van der Waals surface area contributed by atoms with Crippen LogP contribution in [-0.4, -0.2) is 25.8 Å². The third kappa shape index (κ3) is 2.77. The molecule has 1 atom stereocenters. The van der Waals surface area contributed by atoms with Crippen molar-refractivity contribution in [2.75, 3.05) is 6.54 Å². The van der Waals surface area contributed by atoms with E-state index in [0.29, 0.717) is 32.5 Å². The van der Waals surface area contributed by atoms with Crippen molar-refractivity contribution < 1.29 is 5.11 Å². The molecule has 1 aliphatic rings. The molecule has 3 N–H and O–H groups in total. The molecule has 1 aromatic carbocycles. The van der Waals surface area contributed by atoms with Crippen LogP contribution in [0.1, 0.15) is 49.6 Å². The molecule has 1 aliphatic heterocycles. The van der Waals surface area contributed by atoms with Crippen LogP contribution in [0.5, 0.6) is 5.88 Å². The molecule has 148 valence electrons. The van der Waals surface area contributed by atoms with E-state index in [4.69, 9.17) is 0 Å². The normalized spacial score (nSPS) is 16.4. The lowest BCUT2D eigenvalue weighted by Gasteiger charge is -2.26. The molecule has 3 aromatic rings. The van der Waals surface area contributed by atoms with E-state index in [1.165, 1.54) is 9.13 Å². The summed E-state index contributed by atoms with van der Waals surface area (Å²) in [6.45, 7) is 5.26. The first-order chi connectivity index (χ1) is 13.6. The summed E-state index contributed by atoms with van der Waals surface area (Å²) >= 11 is 0. The zero-order valence-electron chi connectivity index (χ0n) is 16.3. The van der Waals surface area contributed by atoms with Crippen molar-refractivity contribution in [2.45, 2.75) is 52.2 Å². The number of hydrogen-bond acceptors (Lipinski definition) is 4. The van der Waals surface area contributed by atoms with Gasteiger partial charge in [-0.2, -0.15) is 0 Å². The molecule has 7 heteroatoms. The van der Waals surface area contributed by atoms with Gasteiger partial charge in [-0.25, -0.2) is 4.79 Å². The van der Waals surface area contributed by atoms with Crippen LogP contribution in [0.2, 0.25) is 0 Å². The Bertz CT molecular complexity index is 1140. The maximum Gasteiger partial charge on any atom is 0.333 e. The number of para-hydroxylation sites is 1. The highest BCUT2D eigenvalue weighted by Crippen LogP contribution is 2.34. The third-order valence-electron chi connectivity index (χ3n) is 5.48. The van der Waals surface area contributed by atoms with E-state index in [1.807, 2.05) is 32.0 Å². The number of benzene rings is 1. The Kier molecular flexibility index (Phi) is 4.85. The summed E-state index contributed by atoms with van der Waals surface area (Å²) < 4.78 is 2.58. The molecule has 0 unspecified atom stereocenters. The topological polar surface area (TPSA) is 92.0 Å². The Morgan fingerprint density at radius 1 is 1.11 bits per heavy atom. The Hall–Kier alpha value is -2.80. The summed E-state index contributed by atoms with van der Waals surface area (Å²) in [5.41, 5.74) is 2.45. The van der Waals surface area contributed by atoms with Gasteiger partial charge in [0.25, 0.3) is 5.56 Å². The molecule has 0 saturated carbocycles. The molecule has 0 fully saturated rings. The van der Waals surface area contributed by atoms with E-state index in [-0.39, 0.29) is 11.4 Å². The fraction of sp³-hybridized carbons (Fsp3) is 0.429. The molecule has 0 amide bonds. The summed E-state index contributed by atoms with van der Waals surface area (Å²) in [7, 11) is 0. The molecule has 7 nitrogen and oxygen atoms in total. The first-order valence-electron chi connectivity index (χ1n) is 9.97. The second-order valence-corrected chi connectivity index (χ2v) is 7.33. The number of nitrogens with zero attached hydrogens (tertiary/aromatic N) is 2. The third-order valence-corrected chi connectivity index (χ3v) is 5.48. The predicted molar refractivity (Wildman–Crippen MR) is 109 cm³/mol. The zero-order valence-corrected chi connectivity index (χ0v) is 16.3. The SMILES string of the molecule is CCCn1c(O)c([C@H]2NCCc3c2[nH]c2ccccc32)c(=O)n(CCC)c1=O. The summed E-state index contributed by atoms with van der Waals surface area (Å²) in [6, 6.07) is 7.58. The van der Waals surface area contributed by atoms with E-state index in [2.05, 4.69) is 16.4 Å². The van der Waals surface area contributed by atoms with Gasteiger partial charge < -0.3 is 15.4 Å². The quantitative estimate of drug-likeness (QED) is 0.631. The lowest BCUT2D eigenvalue weighted by Crippen LogP contribution is -2.44. The first-order valence-corrected chi connectivity index (χ1v) is 9.97. The molecule has 3 heterocycles. The first kappa shape index (κ1) is 18.6. The number of aromatic nitrogens is 3. The van der Waals surface area contributed by atoms with Crippen LogP contribution >= 0.6 is 0 Å². The number of aromatic hydroxyl groups is 1. The molecule has 28 heavy (non-hydrogen) atoms. The van der Waals surface area contributed by atoms with Crippen molar-refractivity contribution in [1.29, 1.82) is 0 Å². The van der Waals surface area contributed by atoms with Gasteiger partial charge in [0.1, 0.15) is 5.56 Å². The van der Waals surface area contributed by atoms with E-state index in [0.717, 1.165) is 28.6 Å². The van der Waals surface area contributed by atoms with Gasteiger partial charge in [-0.05, 0) is 30.9 Å². The highest BCUT2D eigenvalue weighted by Gasteiger charge is 2.32. The van der Waals surface area contributed by atoms with E-state index in [9.17, 15) is 14.7 Å². The van der Waals surface area contributed by atoms with Crippen molar-refractivity contribution in [1.82, 2.24) is 19.4 Å². The van der Waals surface area contributed by atoms with Gasteiger partial charge in [-0.3, -0.25) is 13.9 Å². The number of H-pyrrole nitrogens is 1. The Labute approximate surface area is 162 Å². The number of fused-ring (bicyclic) bond motifs is 3. The minimum Gasteiger partial charge on any atom is -0.494 e. The van der Waals surface area contributed by atoms with Crippen LogP contribution in [0.25, 0.3) is 10.9 Å². The van der Waals surface area contributed by atoms with Crippen molar-refractivity contribution in [3.8, 4) is 5.88 Å².